The number of carbonyl (C=O) groups is 1. The summed E-state index contributed by atoms with van der Waals surface area (Å²) in [6, 6.07) is 3.45. The number of amidine groups is 1. The number of phenolic OH excluding ortho intramolecular Hbond substituents is 1. The Labute approximate surface area is 152 Å². The van der Waals surface area contributed by atoms with Gasteiger partial charge in [-0.25, -0.2) is 0 Å². The number of aromatic hydroxyl groups is 1. The van der Waals surface area contributed by atoms with E-state index in [2.05, 4.69) is 25.8 Å². The summed E-state index contributed by atoms with van der Waals surface area (Å²) in [6.45, 7) is 5.07. The van der Waals surface area contributed by atoms with Gasteiger partial charge in [-0.05, 0) is 58.4 Å². The highest BCUT2D eigenvalue weighted by molar-refractivity contribution is 9.10. The molecule has 1 N–H and O–H groups in total. The first-order chi connectivity index (χ1) is 11.6. The molecule has 1 fully saturated rings. The topological polar surface area (TPSA) is 71.4 Å². The van der Waals surface area contributed by atoms with Gasteiger partial charge in [0.25, 0.3) is 5.91 Å². The van der Waals surface area contributed by atoms with Crippen LogP contribution >= 0.6 is 27.7 Å². The lowest BCUT2D eigenvalue weighted by Crippen LogP contribution is -2.38. The van der Waals surface area contributed by atoms with Crippen LogP contribution in [-0.2, 0) is 9.53 Å². The van der Waals surface area contributed by atoms with E-state index in [-0.39, 0.29) is 11.7 Å². The van der Waals surface area contributed by atoms with Gasteiger partial charge in [0, 0.05) is 13.1 Å². The lowest BCUT2D eigenvalue weighted by atomic mass is 10.2. The number of halogens is 1. The van der Waals surface area contributed by atoms with Crippen LogP contribution in [0.3, 0.4) is 0 Å². The second-order valence-electron chi connectivity index (χ2n) is 5.19. The van der Waals surface area contributed by atoms with Crippen LogP contribution in [0.25, 0.3) is 6.08 Å². The first-order valence-corrected chi connectivity index (χ1v) is 9.20. The minimum Gasteiger partial charge on any atom is -0.503 e. The molecule has 2 heterocycles. The number of carbonyl (C=O) groups excluding carboxylic acids is 1. The van der Waals surface area contributed by atoms with E-state index in [1.165, 1.54) is 11.8 Å². The van der Waals surface area contributed by atoms with Crippen molar-refractivity contribution in [1.82, 2.24) is 4.90 Å². The van der Waals surface area contributed by atoms with E-state index in [4.69, 9.17) is 9.47 Å². The Balaban J connectivity index is 1.81. The molecular weight excluding hydrogens is 396 g/mol. The molecule has 1 amide bonds. The van der Waals surface area contributed by atoms with Crippen molar-refractivity contribution in [1.29, 1.82) is 0 Å². The van der Waals surface area contributed by atoms with Crippen molar-refractivity contribution in [2.24, 2.45) is 4.99 Å². The number of hydrogen-bond acceptors (Lipinski definition) is 6. The maximum absolute atomic E-state index is 12.2. The summed E-state index contributed by atoms with van der Waals surface area (Å²) >= 11 is 4.67. The van der Waals surface area contributed by atoms with Crippen LogP contribution in [0.15, 0.2) is 26.5 Å². The molecule has 128 valence electrons. The first-order valence-electron chi connectivity index (χ1n) is 7.59. The lowest BCUT2D eigenvalue weighted by molar-refractivity contribution is -0.113. The summed E-state index contributed by atoms with van der Waals surface area (Å²) in [5.74, 6) is 0.182. The van der Waals surface area contributed by atoms with Gasteiger partial charge in [0.2, 0.25) is 0 Å². The number of amides is 1. The molecule has 0 spiro atoms. The normalized spacial score (nSPS) is 19.8. The highest BCUT2D eigenvalue weighted by atomic mass is 79.9. The maximum atomic E-state index is 12.2. The molecule has 3 rings (SSSR count). The molecule has 24 heavy (non-hydrogen) atoms. The Morgan fingerprint density at radius 3 is 2.92 bits per heavy atom. The molecular formula is C16H17BrN2O4S. The summed E-state index contributed by atoms with van der Waals surface area (Å²) in [7, 11) is 0. The van der Waals surface area contributed by atoms with Crippen LogP contribution < -0.4 is 4.74 Å². The largest absolute Gasteiger partial charge is 0.503 e. The number of hydrogen-bond donors (Lipinski definition) is 1. The van der Waals surface area contributed by atoms with E-state index in [1.54, 1.807) is 18.2 Å². The van der Waals surface area contributed by atoms with Crippen molar-refractivity contribution >= 4 is 44.8 Å². The molecule has 0 unspecified atom stereocenters. The van der Waals surface area contributed by atoms with Crippen molar-refractivity contribution in [2.75, 3.05) is 32.9 Å². The van der Waals surface area contributed by atoms with Gasteiger partial charge >= 0.3 is 0 Å². The lowest BCUT2D eigenvalue weighted by Gasteiger charge is -2.27. The molecule has 8 heteroatoms. The molecule has 0 saturated carbocycles. The summed E-state index contributed by atoms with van der Waals surface area (Å²) in [5, 5.41) is 10.7. The summed E-state index contributed by atoms with van der Waals surface area (Å²) < 4.78 is 11.3. The van der Waals surface area contributed by atoms with Crippen molar-refractivity contribution in [3.8, 4) is 11.5 Å². The molecule has 2 aliphatic heterocycles. The monoisotopic (exact) mass is 412 g/mol. The van der Waals surface area contributed by atoms with E-state index in [0.29, 0.717) is 34.9 Å². The highest BCUT2D eigenvalue weighted by Gasteiger charge is 2.27. The molecule has 2 aliphatic rings. The Morgan fingerprint density at radius 2 is 2.21 bits per heavy atom. The zero-order valence-corrected chi connectivity index (χ0v) is 15.5. The third-order valence-electron chi connectivity index (χ3n) is 3.54. The number of aliphatic imine (C=N–C) groups is 1. The second-order valence-corrected chi connectivity index (χ2v) is 7.06. The van der Waals surface area contributed by atoms with Gasteiger partial charge in [-0.1, -0.05) is 0 Å². The van der Waals surface area contributed by atoms with Gasteiger partial charge in [0.1, 0.15) is 0 Å². The minimum atomic E-state index is -0.247. The minimum absolute atomic E-state index is 0.0506. The van der Waals surface area contributed by atoms with Crippen LogP contribution in [0, 0.1) is 0 Å². The SMILES string of the molecule is CCOc1cc(/C=C2/SC(N3CCOCC3)=NC2=O)cc(Br)c1O. The van der Waals surface area contributed by atoms with Crippen LogP contribution in [-0.4, -0.2) is 54.0 Å². The van der Waals surface area contributed by atoms with Crippen LogP contribution in [0.1, 0.15) is 12.5 Å². The van der Waals surface area contributed by atoms with Crippen molar-refractivity contribution < 1.29 is 19.4 Å². The van der Waals surface area contributed by atoms with Gasteiger partial charge in [-0.3, -0.25) is 4.79 Å². The smallest absolute Gasteiger partial charge is 0.286 e. The quantitative estimate of drug-likeness (QED) is 0.769. The molecule has 0 aliphatic carbocycles. The summed E-state index contributed by atoms with van der Waals surface area (Å²) in [4.78, 5) is 18.9. The average molecular weight is 413 g/mol. The number of rotatable bonds is 3. The molecule has 6 nitrogen and oxygen atoms in total. The molecule has 1 aromatic rings. The third kappa shape index (κ3) is 3.76. The fourth-order valence-corrected chi connectivity index (χ4v) is 3.81. The molecule has 0 aromatic heterocycles. The summed E-state index contributed by atoms with van der Waals surface area (Å²) in [6.07, 6.45) is 1.76. The van der Waals surface area contributed by atoms with Gasteiger partial charge in [-0.15, -0.1) is 0 Å². The van der Waals surface area contributed by atoms with Crippen molar-refractivity contribution in [3.05, 3.63) is 27.1 Å². The number of benzene rings is 1. The molecule has 0 radical (unpaired) electrons. The Morgan fingerprint density at radius 1 is 1.46 bits per heavy atom. The number of thioether (sulfide) groups is 1. The molecule has 0 atom stereocenters. The van der Waals surface area contributed by atoms with Gasteiger partial charge in [0.15, 0.2) is 16.7 Å². The van der Waals surface area contributed by atoms with Crippen LogP contribution in [0.5, 0.6) is 11.5 Å². The summed E-state index contributed by atoms with van der Waals surface area (Å²) in [5.41, 5.74) is 0.761. The van der Waals surface area contributed by atoms with E-state index >= 15 is 0 Å². The Kier molecular flexibility index (Phi) is 5.47. The van der Waals surface area contributed by atoms with E-state index in [1.807, 2.05) is 6.92 Å². The van der Waals surface area contributed by atoms with Crippen LogP contribution in [0.4, 0.5) is 0 Å². The molecule has 1 aromatic carbocycles. The van der Waals surface area contributed by atoms with Crippen molar-refractivity contribution in [3.63, 3.8) is 0 Å². The van der Waals surface area contributed by atoms with Gasteiger partial charge in [-0.2, -0.15) is 4.99 Å². The fourth-order valence-electron chi connectivity index (χ4n) is 2.38. The highest BCUT2D eigenvalue weighted by Crippen LogP contribution is 2.37. The predicted molar refractivity (Wildman–Crippen MR) is 97.4 cm³/mol. The van der Waals surface area contributed by atoms with Crippen LogP contribution in [0.2, 0.25) is 0 Å². The molecule has 0 bridgehead atoms. The fraction of sp³-hybridized carbons (Fsp3) is 0.375. The predicted octanol–water partition coefficient (Wildman–Crippen LogP) is 2.86. The van der Waals surface area contributed by atoms with Gasteiger partial charge < -0.3 is 19.5 Å². The average Bonchev–Trinajstić information content (AvgIpc) is 2.94. The van der Waals surface area contributed by atoms with E-state index < -0.39 is 0 Å². The third-order valence-corrected chi connectivity index (χ3v) is 5.19. The number of phenols is 1. The maximum Gasteiger partial charge on any atom is 0.286 e. The number of nitrogens with zero attached hydrogens (tertiary/aromatic N) is 2. The second kappa shape index (κ2) is 7.58. The number of morpholine rings is 1. The first kappa shape index (κ1) is 17.3. The zero-order valence-electron chi connectivity index (χ0n) is 13.1. The Hall–Kier alpha value is -1.51. The van der Waals surface area contributed by atoms with E-state index in [9.17, 15) is 9.90 Å². The van der Waals surface area contributed by atoms with E-state index in [0.717, 1.165) is 23.8 Å². The van der Waals surface area contributed by atoms with Gasteiger partial charge in [0.05, 0.1) is 29.2 Å². The number of ether oxygens (including phenoxy) is 2. The van der Waals surface area contributed by atoms with Crippen molar-refractivity contribution in [2.45, 2.75) is 6.92 Å². The Bertz CT molecular complexity index is 714. The zero-order chi connectivity index (χ0) is 17.1. The molecule has 1 saturated heterocycles. The standard InChI is InChI=1S/C16H17BrN2O4S/c1-2-23-12-8-10(7-11(17)14(12)20)9-13-15(21)18-16(24-13)19-3-5-22-6-4-19/h7-9,20H,2-6H2,1H3/b13-9+.